The molecule has 2 atom stereocenters. The average molecular weight is 307 g/mol. The second-order valence-electron chi connectivity index (χ2n) is 5.63. The van der Waals surface area contributed by atoms with E-state index < -0.39 is 12.0 Å². The molecule has 2 unspecified atom stereocenters. The quantitative estimate of drug-likeness (QED) is 0.894. The third-order valence-corrected chi connectivity index (χ3v) is 5.50. The van der Waals surface area contributed by atoms with E-state index in [0.717, 1.165) is 12.8 Å². The summed E-state index contributed by atoms with van der Waals surface area (Å²) in [5.74, 6) is -0.375. The van der Waals surface area contributed by atoms with E-state index in [1.54, 1.807) is 30.8 Å². The molecule has 21 heavy (non-hydrogen) atoms. The van der Waals surface area contributed by atoms with Crippen LogP contribution in [0.25, 0.3) is 0 Å². The van der Waals surface area contributed by atoms with Crippen LogP contribution in [0.4, 0.5) is 0 Å². The zero-order chi connectivity index (χ0) is 15.1. The number of phenols is 1. The van der Waals surface area contributed by atoms with Gasteiger partial charge in [0.05, 0.1) is 5.37 Å². The van der Waals surface area contributed by atoms with Crippen molar-refractivity contribution in [2.24, 2.45) is 5.92 Å². The first-order valence-corrected chi connectivity index (χ1v) is 8.00. The summed E-state index contributed by atoms with van der Waals surface area (Å²) in [5, 5.41) is 19.0. The van der Waals surface area contributed by atoms with Crippen LogP contribution < -0.4 is 0 Å². The van der Waals surface area contributed by atoms with E-state index in [2.05, 4.69) is 0 Å². The molecule has 1 saturated heterocycles. The summed E-state index contributed by atoms with van der Waals surface area (Å²) in [6, 6.07) is 3.96. The van der Waals surface area contributed by atoms with Gasteiger partial charge in [-0.15, -0.1) is 11.8 Å². The molecule has 2 N–H and O–H groups in total. The van der Waals surface area contributed by atoms with Crippen LogP contribution in [0.15, 0.2) is 18.2 Å². The molecule has 1 aliphatic carbocycles. The minimum atomic E-state index is -0.963. The van der Waals surface area contributed by atoms with E-state index >= 15 is 0 Å². The number of amides is 1. The van der Waals surface area contributed by atoms with E-state index in [1.165, 1.54) is 11.0 Å². The first kappa shape index (κ1) is 14.3. The van der Waals surface area contributed by atoms with Gasteiger partial charge in [-0.1, -0.05) is 6.07 Å². The van der Waals surface area contributed by atoms with Gasteiger partial charge in [-0.05, 0) is 43.4 Å². The van der Waals surface area contributed by atoms with E-state index in [0.29, 0.717) is 22.8 Å². The second kappa shape index (κ2) is 5.26. The van der Waals surface area contributed by atoms with Crippen molar-refractivity contribution < 1.29 is 19.8 Å². The Morgan fingerprint density at radius 3 is 2.62 bits per heavy atom. The number of nitrogens with zero attached hydrogens (tertiary/aromatic N) is 1. The van der Waals surface area contributed by atoms with Gasteiger partial charge in [0.15, 0.2) is 0 Å². The highest BCUT2D eigenvalue weighted by Gasteiger charge is 2.48. The molecule has 112 valence electrons. The number of aromatic hydroxyl groups is 1. The zero-order valence-corrected chi connectivity index (χ0v) is 12.5. The molecule has 1 saturated carbocycles. The summed E-state index contributed by atoms with van der Waals surface area (Å²) < 4.78 is 0. The third-order valence-electron chi connectivity index (χ3n) is 4.04. The van der Waals surface area contributed by atoms with Crippen molar-refractivity contribution in [3.63, 3.8) is 0 Å². The van der Waals surface area contributed by atoms with Crippen LogP contribution in [-0.2, 0) is 4.79 Å². The number of rotatable bonds is 3. The monoisotopic (exact) mass is 307 g/mol. The molecule has 5 nitrogen and oxygen atoms in total. The van der Waals surface area contributed by atoms with Crippen molar-refractivity contribution in [2.45, 2.75) is 31.2 Å². The number of carboxylic acids is 1. The summed E-state index contributed by atoms with van der Waals surface area (Å²) in [5.41, 5.74) is 1.04. The smallest absolute Gasteiger partial charge is 0.327 e. The molecule has 2 fully saturated rings. The fourth-order valence-electron chi connectivity index (χ4n) is 2.61. The predicted octanol–water partition coefficient (Wildman–Crippen LogP) is 2.08. The van der Waals surface area contributed by atoms with Crippen molar-refractivity contribution in [1.82, 2.24) is 4.90 Å². The topological polar surface area (TPSA) is 77.8 Å². The van der Waals surface area contributed by atoms with E-state index in [9.17, 15) is 19.8 Å². The van der Waals surface area contributed by atoms with Crippen LogP contribution in [0.1, 0.15) is 28.8 Å². The molecule has 0 aromatic heterocycles. The molecule has 6 heteroatoms. The maximum absolute atomic E-state index is 12.7. The summed E-state index contributed by atoms with van der Waals surface area (Å²) in [6.45, 7) is 1.75. The summed E-state index contributed by atoms with van der Waals surface area (Å²) in [6.07, 6.45) is 2.10. The number of carbonyl (C=O) groups excluding carboxylic acids is 1. The predicted molar refractivity (Wildman–Crippen MR) is 79.4 cm³/mol. The first-order valence-electron chi connectivity index (χ1n) is 6.95. The second-order valence-corrected chi connectivity index (χ2v) is 6.78. The maximum Gasteiger partial charge on any atom is 0.327 e. The zero-order valence-electron chi connectivity index (χ0n) is 11.7. The van der Waals surface area contributed by atoms with Gasteiger partial charge in [0.1, 0.15) is 11.8 Å². The summed E-state index contributed by atoms with van der Waals surface area (Å²) >= 11 is 1.55. The highest BCUT2D eigenvalue weighted by atomic mass is 32.2. The molecular formula is C15H17NO4S. The first-order chi connectivity index (χ1) is 9.99. The van der Waals surface area contributed by atoms with Crippen LogP contribution in [0.2, 0.25) is 0 Å². The lowest BCUT2D eigenvalue weighted by Gasteiger charge is -2.27. The lowest BCUT2D eigenvalue weighted by Crippen LogP contribution is -2.46. The van der Waals surface area contributed by atoms with Gasteiger partial charge < -0.3 is 15.1 Å². The van der Waals surface area contributed by atoms with Gasteiger partial charge in [0.2, 0.25) is 0 Å². The fourth-order valence-corrected chi connectivity index (χ4v) is 4.24. The fraction of sp³-hybridized carbons (Fsp3) is 0.467. The number of hydrogen-bond donors (Lipinski definition) is 2. The SMILES string of the molecule is Cc1ccc(C(=O)N2C(C(=O)O)CSC2C2CC2)cc1O. The largest absolute Gasteiger partial charge is 0.508 e. The highest BCUT2D eigenvalue weighted by Crippen LogP contribution is 2.46. The number of aryl methyl sites for hydroxylation is 1. The standard InChI is InChI=1S/C15H17NO4S/c1-8-2-3-10(6-12(8)17)13(18)16-11(15(19)20)7-21-14(16)9-4-5-9/h2-3,6,9,11,14,17H,4-5,7H2,1H3,(H,19,20). The van der Waals surface area contributed by atoms with E-state index in [-0.39, 0.29) is 17.0 Å². The lowest BCUT2D eigenvalue weighted by atomic mass is 10.1. The molecule has 3 rings (SSSR count). The van der Waals surface area contributed by atoms with Crippen LogP contribution >= 0.6 is 11.8 Å². The number of benzene rings is 1. The molecule has 0 radical (unpaired) electrons. The van der Waals surface area contributed by atoms with Crippen LogP contribution in [-0.4, -0.2) is 44.2 Å². The Bertz CT molecular complexity index is 599. The molecule has 1 heterocycles. The van der Waals surface area contributed by atoms with Gasteiger partial charge in [0, 0.05) is 11.3 Å². The minimum Gasteiger partial charge on any atom is -0.508 e. The summed E-state index contributed by atoms with van der Waals surface area (Å²) in [7, 11) is 0. The average Bonchev–Trinajstić information content (AvgIpc) is 3.19. The number of aliphatic carboxylic acids is 1. The van der Waals surface area contributed by atoms with Gasteiger partial charge in [-0.3, -0.25) is 4.79 Å². The Kier molecular flexibility index (Phi) is 3.57. The molecule has 1 amide bonds. The third kappa shape index (κ3) is 2.60. The van der Waals surface area contributed by atoms with E-state index in [4.69, 9.17) is 0 Å². The molecule has 0 spiro atoms. The van der Waals surface area contributed by atoms with Crippen molar-refractivity contribution in [3.05, 3.63) is 29.3 Å². The summed E-state index contributed by atoms with van der Waals surface area (Å²) in [4.78, 5) is 25.6. The number of carboxylic acid groups (broad SMARTS) is 1. The van der Waals surface area contributed by atoms with Gasteiger partial charge in [-0.25, -0.2) is 4.79 Å². The molecule has 1 aromatic rings. The number of hydrogen-bond acceptors (Lipinski definition) is 4. The van der Waals surface area contributed by atoms with Crippen molar-refractivity contribution in [1.29, 1.82) is 0 Å². The van der Waals surface area contributed by atoms with Crippen molar-refractivity contribution >= 4 is 23.6 Å². The normalized spacial score (nSPS) is 25.1. The Hall–Kier alpha value is -1.69. The Morgan fingerprint density at radius 1 is 1.33 bits per heavy atom. The molecule has 0 bridgehead atoms. The minimum absolute atomic E-state index is 0.0537. The Balaban J connectivity index is 1.91. The van der Waals surface area contributed by atoms with Crippen LogP contribution in [0.3, 0.4) is 0 Å². The van der Waals surface area contributed by atoms with Crippen molar-refractivity contribution in [2.75, 3.05) is 5.75 Å². The van der Waals surface area contributed by atoms with Crippen LogP contribution in [0, 0.1) is 12.8 Å². The van der Waals surface area contributed by atoms with Gasteiger partial charge >= 0.3 is 5.97 Å². The molecule has 1 aliphatic heterocycles. The lowest BCUT2D eigenvalue weighted by molar-refractivity contribution is -0.141. The highest BCUT2D eigenvalue weighted by molar-refractivity contribution is 8.00. The van der Waals surface area contributed by atoms with Crippen molar-refractivity contribution in [3.8, 4) is 5.75 Å². The Morgan fingerprint density at radius 2 is 2.05 bits per heavy atom. The molecule has 1 aromatic carbocycles. The molecular weight excluding hydrogens is 290 g/mol. The van der Waals surface area contributed by atoms with Crippen LogP contribution in [0.5, 0.6) is 5.75 Å². The van der Waals surface area contributed by atoms with E-state index in [1.807, 2.05) is 0 Å². The van der Waals surface area contributed by atoms with Gasteiger partial charge in [-0.2, -0.15) is 0 Å². The number of phenolic OH excluding ortho intramolecular Hbond substituents is 1. The molecule has 2 aliphatic rings. The number of carbonyl (C=O) groups is 2. The van der Waals surface area contributed by atoms with Gasteiger partial charge in [0.25, 0.3) is 5.91 Å². The maximum atomic E-state index is 12.7. The number of thioether (sulfide) groups is 1. The Labute approximate surface area is 126 Å².